The maximum atomic E-state index is 11.7. The number of hydrogen-bond acceptors (Lipinski definition) is 2. The summed E-state index contributed by atoms with van der Waals surface area (Å²) in [6.45, 7) is 0. The number of pyridine rings is 1. The third-order valence-electron chi connectivity index (χ3n) is 2.64. The number of carbonyl (C=O) groups is 1. The Morgan fingerprint density at radius 3 is 2.80 bits per heavy atom. The average Bonchev–Trinajstić information content (AvgIpc) is 2.70. The maximum Gasteiger partial charge on any atom is 0.270 e. The molecular formula is C11H13ClN2O. The van der Waals surface area contributed by atoms with Crippen molar-refractivity contribution in [1.82, 2.24) is 10.3 Å². The lowest BCUT2D eigenvalue weighted by atomic mass is 10.2. The summed E-state index contributed by atoms with van der Waals surface area (Å²) in [5.41, 5.74) is 0.398. The highest BCUT2D eigenvalue weighted by molar-refractivity contribution is 6.29. The van der Waals surface area contributed by atoms with Gasteiger partial charge in [-0.3, -0.25) is 4.79 Å². The van der Waals surface area contributed by atoms with Crippen molar-refractivity contribution in [1.29, 1.82) is 0 Å². The van der Waals surface area contributed by atoms with Crippen LogP contribution in [0.3, 0.4) is 0 Å². The van der Waals surface area contributed by atoms with Crippen LogP contribution < -0.4 is 5.32 Å². The Morgan fingerprint density at radius 2 is 2.13 bits per heavy atom. The maximum absolute atomic E-state index is 11.7. The number of amides is 1. The number of nitrogens with one attached hydrogen (secondary N) is 1. The van der Waals surface area contributed by atoms with Crippen molar-refractivity contribution in [3.8, 4) is 0 Å². The van der Waals surface area contributed by atoms with Crippen LogP contribution in [0.5, 0.6) is 0 Å². The zero-order chi connectivity index (χ0) is 10.7. The fourth-order valence-electron chi connectivity index (χ4n) is 1.86. The van der Waals surface area contributed by atoms with E-state index in [1.54, 1.807) is 18.2 Å². The predicted molar refractivity (Wildman–Crippen MR) is 59.0 cm³/mol. The molecule has 3 nitrogen and oxygen atoms in total. The van der Waals surface area contributed by atoms with Gasteiger partial charge in [0.25, 0.3) is 5.91 Å². The lowest BCUT2D eigenvalue weighted by molar-refractivity contribution is 0.0933. The Morgan fingerprint density at radius 1 is 1.40 bits per heavy atom. The molecule has 1 N–H and O–H groups in total. The zero-order valence-corrected chi connectivity index (χ0v) is 9.13. The van der Waals surface area contributed by atoms with E-state index in [0.717, 1.165) is 12.8 Å². The van der Waals surface area contributed by atoms with Gasteiger partial charge in [-0.25, -0.2) is 4.98 Å². The molecule has 0 bridgehead atoms. The van der Waals surface area contributed by atoms with Crippen molar-refractivity contribution in [2.75, 3.05) is 0 Å². The van der Waals surface area contributed by atoms with Crippen molar-refractivity contribution >= 4 is 17.5 Å². The number of aromatic nitrogens is 1. The second-order valence-corrected chi connectivity index (χ2v) is 4.19. The number of nitrogens with zero attached hydrogens (tertiary/aromatic N) is 1. The van der Waals surface area contributed by atoms with Crippen molar-refractivity contribution in [3.63, 3.8) is 0 Å². The molecule has 4 heteroatoms. The van der Waals surface area contributed by atoms with Gasteiger partial charge in [0.15, 0.2) is 0 Å². The van der Waals surface area contributed by atoms with Crippen molar-refractivity contribution in [2.24, 2.45) is 0 Å². The van der Waals surface area contributed by atoms with Gasteiger partial charge in [-0.2, -0.15) is 0 Å². The summed E-state index contributed by atoms with van der Waals surface area (Å²) in [6, 6.07) is 5.39. The predicted octanol–water partition coefficient (Wildman–Crippen LogP) is 2.41. The van der Waals surface area contributed by atoms with Gasteiger partial charge in [-0.05, 0) is 25.0 Å². The van der Waals surface area contributed by atoms with Gasteiger partial charge < -0.3 is 5.32 Å². The highest BCUT2D eigenvalue weighted by Crippen LogP contribution is 2.18. The molecule has 1 aromatic heterocycles. The molecule has 1 fully saturated rings. The van der Waals surface area contributed by atoms with Crippen LogP contribution in [-0.2, 0) is 0 Å². The molecule has 80 valence electrons. The largest absolute Gasteiger partial charge is 0.348 e. The van der Waals surface area contributed by atoms with E-state index in [4.69, 9.17) is 11.6 Å². The summed E-state index contributed by atoms with van der Waals surface area (Å²) in [4.78, 5) is 15.7. The first-order chi connectivity index (χ1) is 7.25. The van der Waals surface area contributed by atoms with Crippen LogP contribution in [0, 0.1) is 0 Å². The minimum absolute atomic E-state index is 0.121. The van der Waals surface area contributed by atoms with Gasteiger partial charge in [0.05, 0.1) is 0 Å². The number of hydrogen-bond donors (Lipinski definition) is 1. The quantitative estimate of drug-likeness (QED) is 0.784. The molecule has 2 rings (SSSR count). The zero-order valence-electron chi connectivity index (χ0n) is 8.37. The fraction of sp³-hybridized carbons (Fsp3) is 0.455. The summed E-state index contributed by atoms with van der Waals surface area (Å²) in [6.07, 6.45) is 4.56. The second-order valence-electron chi connectivity index (χ2n) is 3.80. The molecule has 0 spiro atoms. The second kappa shape index (κ2) is 4.62. The molecule has 1 saturated carbocycles. The number of halogens is 1. The van der Waals surface area contributed by atoms with Crippen molar-refractivity contribution in [3.05, 3.63) is 29.0 Å². The summed E-state index contributed by atoms with van der Waals surface area (Å²) in [7, 11) is 0. The smallest absolute Gasteiger partial charge is 0.270 e. The first-order valence-electron chi connectivity index (χ1n) is 5.19. The molecule has 1 heterocycles. The van der Waals surface area contributed by atoms with Gasteiger partial charge in [0, 0.05) is 6.04 Å². The molecule has 0 unspecified atom stereocenters. The summed E-state index contributed by atoms with van der Waals surface area (Å²) < 4.78 is 0. The molecule has 1 aromatic rings. The SMILES string of the molecule is O=C(NC1CCCC1)c1cccc(Cl)n1. The third-order valence-corrected chi connectivity index (χ3v) is 2.85. The molecule has 0 radical (unpaired) electrons. The minimum Gasteiger partial charge on any atom is -0.348 e. The highest BCUT2D eigenvalue weighted by atomic mass is 35.5. The van der Waals surface area contributed by atoms with Gasteiger partial charge in [0.1, 0.15) is 10.8 Å². The normalized spacial score (nSPS) is 16.6. The van der Waals surface area contributed by atoms with Crippen molar-refractivity contribution < 1.29 is 4.79 Å². The fourth-order valence-corrected chi connectivity index (χ4v) is 2.03. The number of rotatable bonds is 2. The van der Waals surface area contributed by atoms with Crippen molar-refractivity contribution in [2.45, 2.75) is 31.7 Å². The summed E-state index contributed by atoms with van der Waals surface area (Å²) in [5, 5.41) is 3.32. The molecule has 1 aliphatic carbocycles. The van der Waals surface area contributed by atoms with Gasteiger partial charge in [-0.15, -0.1) is 0 Å². The van der Waals surface area contributed by atoms with E-state index in [-0.39, 0.29) is 5.91 Å². The average molecular weight is 225 g/mol. The van der Waals surface area contributed by atoms with Crippen LogP contribution in [0.1, 0.15) is 36.2 Å². The molecule has 1 amide bonds. The Balaban J connectivity index is 2.01. The summed E-state index contributed by atoms with van der Waals surface area (Å²) >= 11 is 5.71. The van der Waals surface area contributed by atoms with Crippen LogP contribution in [-0.4, -0.2) is 16.9 Å². The Hall–Kier alpha value is -1.09. The van der Waals surface area contributed by atoms with E-state index in [1.807, 2.05) is 0 Å². The van der Waals surface area contributed by atoms with E-state index in [9.17, 15) is 4.79 Å². The van der Waals surface area contributed by atoms with E-state index < -0.39 is 0 Å². The molecule has 0 atom stereocenters. The molecule has 0 aliphatic heterocycles. The minimum atomic E-state index is -0.121. The van der Waals surface area contributed by atoms with Crippen LogP contribution in [0.15, 0.2) is 18.2 Å². The molecule has 0 aromatic carbocycles. The lowest BCUT2D eigenvalue weighted by Gasteiger charge is -2.11. The van der Waals surface area contributed by atoms with E-state index in [1.165, 1.54) is 12.8 Å². The topological polar surface area (TPSA) is 42.0 Å². The van der Waals surface area contributed by atoms with Crippen LogP contribution in [0.2, 0.25) is 5.15 Å². The van der Waals surface area contributed by atoms with E-state index in [0.29, 0.717) is 16.9 Å². The Kier molecular flexibility index (Phi) is 3.21. The van der Waals surface area contributed by atoms with Gasteiger partial charge in [0.2, 0.25) is 0 Å². The molecule has 0 saturated heterocycles. The molecule has 1 aliphatic rings. The van der Waals surface area contributed by atoms with E-state index >= 15 is 0 Å². The third kappa shape index (κ3) is 2.69. The van der Waals surface area contributed by atoms with Gasteiger partial charge in [-0.1, -0.05) is 30.5 Å². The van der Waals surface area contributed by atoms with Crippen LogP contribution >= 0.6 is 11.6 Å². The van der Waals surface area contributed by atoms with Crippen LogP contribution in [0.25, 0.3) is 0 Å². The first kappa shape index (κ1) is 10.4. The Bertz CT molecular complexity index is 361. The first-order valence-corrected chi connectivity index (χ1v) is 5.57. The standard InChI is InChI=1S/C11H13ClN2O/c12-10-7-3-6-9(14-10)11(15)13-8-4-1-2-5-8/h3,6-8H,1-2,4-5H2,(H,13,15). The summed E-state index contributed by atoms with van der Waals surface area (Å²) in [5.74, 6) is -0.121. The van der Waals surface area contributed by atoms with Crippen LogP contribution in [0.4, 0.5) is 0 Å². The Labute approximate surface area is 93.8 Å². The molecular weight excluding hydrogens is 212 g/mol. The van der Waals surface area contributed by atoms with E-state index in [2.05, 4.69) is 10.3 Å². The monoisotopic (exact) mass is 224 g/mol. The highest BCUT2D eigenvalue weighted by Gasteiger charge is 2.18. The van der Waals surface area contributed by atoms with Gasteiger partial charge >= 0.3 is 0 Å². The number of carbonyl (C=O) groups excluding carboxylic acids is 1. The lowest BCUT2D eigenvalue weighted by Crippen LogP contribution is -2.33. The molecule has 15 heavy (non-hydrogen) atoms.